The van der Waals surface area contributed by atoms with E-state index in [0.29, 0.717) is 6.42 Å². The molecule has 0 fully saturated rings. The summed E-state index contributed by atoms with van der Waals surface area (Å²) in [5.41, 5.74) is -1.98. The molecule has 0 spiro atoms. The first kappa shape index (κ1) is 10.5. The number of hydrogen-bond acceptors (Lipinski definition) is 3. The molecule has 5 nitrogen and oxygen atoms in total. The summed E-state index contributed by atoms with van der Waals surface area (Å²) in [4.78, 5) is 23.6. The van der Waals surface area contributed by atoms with Crippen molar-refractivity contribution >= 4 is 0 Å². The number of aromatic nitrogens is 2. The summed E-state index contributed by atoms with van der Waals surface area (Å²) < 4.78 is 13.7. The first-order valence-corrected chi connectivity index (χ1v) is 4.29. The Bertz CT molecular complexity index is 435. The van der Waals surface area contributed by atoms with Crippen LogP contribution in [0.5, 0.6) is 5.88 Å². The van der Waals surface area contributed by atoms with Crippen molar-refractivity contribution in [2.45, 2.75) is 26.3 Å². The predicted molar refractivity (Wildman–Crippen MR) is 47.9 cm³/mol. The molecule has 0 aliphatic rings. The molecule has 2 N–H and O–H groups in total. The molecule has 0 bridgehead atoms. The highest BCUT2D eigenvalue weighted by Gasteiger charge is 2.12. The zero-order valence-corrected chi connectivity index (χ0v) is 7.71. The van der Waals surface area contributed by atoms with Gasteiger partial charge in [-0.25, -0.2) is 4.79 Å². The third kappa shape index (κ3) is 1.84. The Hall–Kier alpha value is -1.59. The minimum Gasteiger partial charge on any atom is -0.492 e. The molecule has 1 rings (SSSR count). The Morgan fingerprint density at radius 1 is 1.50 bits per heavy atom. The molecular weight excluding hydrogens is 191 g/mol. The van der Waals surface area contributed by atoms with Crippen LogP contribution >= 0.6 is 0 Å². The molecule has 0 aliphatic carbocycles. The summed E-state index contributed by atoms with van der Waals surface area (Å²) in [6.45, 7) is 2.08. The van der Waals surface area contributed by atoms with Crippen LogP contribution in [-0.4, -0.2) is 14.7 Å². The SMILES string of the molecule is CCCCn1c(O)c(F)c(=O)[nH]c1=O. The number of nitrogens with zero attached hydrogens (tertiary/aromatic N) is 1. The maximum absolute atomic E-state index is 12.8. The Morgan fingerprint density at radius 2 is 2.14 bits per heavy atom. The van der Waals surface area contributed by atoms with E-state index in [9.17, 15) is 14.0 Å². The average molecular weight is 202 g/mol. The number of nitrogens with one attached hydrogen (secondary N) is 1. The van der Waals surface area contributed by atoms with Crippen molar-refractivity contribution in [3.63, 3.8) is 0 Å². The quantitative estimate of drug-likeness (QED) is 0.734. The lowest BCUT2D eigenvalue weighted by molar-refractivity contribution is 0.357. The number of rotatable bonds is 3. The van der Waals surface area contributed by atoms with Crippen LogP contribution in [-0.2, 0) is 6.54 Å². The fraction of sp³-hybridized carbons (Fsp3) is 0.500. The molecule has 14 heavy (non-hydrogen) atoms. The first-order chi connectivity index (χ1) is 6.57. The molecule has 0 unspecified atom stereocenters. The van der Waals surface area contributed by atoms with E-state index in [1.165, 1.54) is 0 Å². The van der Waals surface area contributed by atoms with Crippen molar-refractivity contribution < 1.29 is 9.50 Å². The van der Waals surface area contributed by atoms with Crippen LogP contribution in [0.25, 0.3) is 0 Å². The van der Waals surface area contributed by atoms with Crippen molar-refractivity contribution in [3.8, 4) is 5.88 Å². The van der Waals surface area contributed by atoms with E-state index in [1.54, 1.807) is 4.98 Å². The van der Waals surface area contributed by atoms with Gasteiger partial charge in [-0.2, -0.15) is 4.39 Å². The lowest BCUT2D eigenvalue weighted by Gasteiger charge is -2.06. The van der Waals surface area contributed by atoms with Gasteiger partial charge in [0.25, 0.3) is 5.56 Å². The molecule has 1 heterocycles. The van der Waals surface area contributed by atoms with E-state index < -0.39 is 22.9 Å². The van der Waals surface area contributed by atoms with Gasteiger partial charge in [-0.05, 0) is 6.42 Å². The third-order valence-corrected chi connectivity index (χ3v) is 1.85. The van der Waals surface area contributed by atoms with Gasteiger partial charge in [0, 0.05) is 6.54 Å². The minimum atomic E-state index is -1.32. The van der Waals surface area contributed by atoms with E-state index >= 15 is 0 Å². The summed E-state index contributed by atoms with van der Waals surface area (Å²) in [6.07, 6.45) is 1.42. The van der Waals surface area contributed by atoms with Gasteiger partial charge in [0.2, 0.25) is 11.7 Å². The van der Waals surface area contributed by atoms with Gasteiger partial charge in [-0.1, -0.05) is 13.3 Å². The maximum Gasteiger partial charge on any atom is 0.331 e. The van der Waals surface area contributed by atoms with Crippen molar-refractivity contribution in [1.82, 2.24) is 9.55 Å². The van der Waals surface area contributed by atoms with Gasteiger partial charge in [0.15, 0.2) is 0 Å². The normalized spacial score (nSPS) is 10.4. The second-order valence-electron chi connectivity index (χ2n) is 2.90. The molecular formula is C8H11FN2O3. The van der Waals surface area contributed by atoms with E-state index in [4.69, 9.17) is 5.11 Å². The van der Waals surface area contributed by atoms with Gasteiger partial charge in [0.1, 0.15) is 0 Å². The lowest BCUT2D eigenvalue weighted by atomic mass is 10.3. The van der Waals surface area contributed by atoms with E-state index in [-0.39, 0.29) is 6.54 Å². The highest BCUT2D eigenvalue weighted by molar-refractivity contribution is 5.09. The van der Waals surface area contributed by atoms with Crippen molar-refractivity contribution in [3.05, 3.63) is 26.7 Å². The smallest absolute Gasteiger partial charge is 0.331 e. The predicted octanol–water partition coefficient (Wildman–Crippen LogP) is 0.181. The molecule has 78 valence electrons. The highest BCUT2D eigenvalue weighted by Crippen LogP contribution is 2.07. The molecule has 0 amide bonds. The van der Waals surface area contributed by atoms with Crippen LogP contribution in [0.15, 0.2) is 9.59 Å². The number of aromatic amines is 1. The van der Waals surface area contributed by atoms with Crippen LogP contribution < -0.4 is 11.2 Å². The largest absolute Gasteiger partial charge is 0.492 e. The highest BCUT2D eigenvalue weighted by atomic mass is 19.1. The van der Waals surface area contributed by atoms with Crippen molar-refractivity contribution in [2.24, 2.45) is 0 Å². The molecule has 0 aromatic carbocycles. The maximum atomic E-state index is 12.8. The Morgan fingerprint density at radius 3 is 2.71 bits per heavy atom. The van der Waals surface area contributed by atoms with Crippen LogP contribution in [0, 0.1) is 5.82 Å². The van der Waals surface area contributed by atoms with Gasteiger partial charge in [-0.3, -0.25) is 14.3 Å². The number of halogens is 1. The summed E-state index contributed by atoms with van der Waals surface area (Å²) >= 11 is 0. The summed E-state index contributed by atoms with van der Waals surface area (Å²) in [7, 11) is 0. The topological polar surface area (TPSA) is 75.1 Å². The fourth-order valence-corrected chi connectivity index (χ4v) is 1.06. The Kier molecular flexibility index (Phi) is 3.06. The van der Waals surface area contributed by atoms with E-state index in [0.717, 1.165) is 11.0 Å². The first-order valence-electron chi connectivity index (χ1n) is 4.29. The molecule has 0 atom stereocenters. The Balaban J connectivity index is 3.23. The Labute approximate surface area is 78.8 Å². The van der Waals surface area contributed by atoms with Gasteiger partial charge >= 0.3 is 5.69 Å². The van der Waals surface area contributed by atoms with E-state index in [1.807, 2.05) is 6.92 Å². The zero-order valence-electron chi connectivity index (χ0n) is 7.71. The van der Waals surface area contributed by atoms with Crippen LogP contribution in [0.2, 0.25) is 0 Å². The molecule has 0 saturated heterocycles. The second-order valence-corrected chi connectivity index (χ2v) is 2.90. The van der Waals surface area contributed by atoms with Crippen LogP contribution in [0.3, 0.4) is 0 Å². The summed E-state index contributed by atoms with van der Waals surface area (Å²) in [6, 6.07) is 0. The van der Waals surface area contributed by atoms with Crippen LogP contribution in [0.1, 0.15) is 19.8 Å². The second kappa shape index (κ2) is 4.08. The molecule has 6 heteroatoms. The van der Waals surface area contributed by atoms with Gasteiger partial charge in [-0.15, -0.1) is 0 Å². The number of hydrogen-bond donors (Lipinski definition) is 2. The molecule has 0 saturated carbocycles. The van der Waals surface area contributed by atoms with Gasteiger partial charge in [0.05, 0.1) is 0 Å². The minimum absolute atomic E-state index is 0.189. The van der Waals surface area contributed by atoms with E-state index in [2.05, 4.69) is 0 Å². The zero-order chi connectivity index (χ0) is 10.7. The molecule has 1 aromatic rings. The lowest BCUT2D eigenvalue weighted by Crippen LogP contribution is -2.31. The fourth-order valence-electron chi connectivity index (χ4n) is 1.06. The molecule has 0 radical (unpaired) electrons. The number of H-pyrrole nitrogens is 1. The monoisotopic (exact) mass is 202 g/mol. The third-order valence-electron chi connectivity index (χ3n) is 1.85. The summed E-state index contributed by atoms with van der Waals surface area (Å²) in [5, 5.41) is 9.15. The molecule has 1 aromatic heterocycles. The number of unbranched alkanes of at least 4 members (excludes halogenated alkanes) is 1. The van der Waals surface area contributed by atoms with Crippen molar-refractivity contribution in [2.75, 3.05) is 0 Å². The van der Waals surface area contributed by atoms with Crippen LogP contribution in [0.4, 0.5) is 4.39 Å². The molecule has 0 aliphatic heterocycles. The van der Waals surface area contributed by atoms with Crippen molar-refractivity contribution in [1.29, 1.82) is 0 Å². The standard InChI is InChI=1S/C8H11FN2O3/c1-2-3-4-11-7(13)5(9)6(12)10-8(11)14/h13H,2-4H2,1H3,(H,10,12,14). The average Bonchev–Trinajstić information content (AvgIpc) is 2.14. The summed E-state index contributed by atoms with van der Waals surface area (Å²) in [5.74, 6) is -2.21. The van der Waals surface area contributed by atoms with Gasteiger partial charge < -0.3 is 5.11 Å². The number of aromatic hydroxyl groups is 1.